The standard InChI is InChI=1S/C12H16N2O3S2/c13-12(18)10-2-1-3-11(6-10)19(15,16)14-7-9-4-5-17-8-9/h1-3,6,9,14H,4-5,7-8H2,(H2,13,18). The summed E-state index contributed by atoms with van der Waals surface area (Å²) in [6.45, 7) is 1.69. The molecule has 19 heavy (non-hydrogen) atoms. The van der Waals surface area contributed by atoms with Crippen LogP contribution in [0.3, 0.4) is 0 Å². The van der Waals surface area contributed by atoms with Crippen molar-refractivity contribution in [3.63, 3.8) is 0 Å². The summed E-state index contributed by atoms with van der Waals surface area (Å²) in [5.41, 5.74) is 6.04. The Bertz CT molecular complexity index is 566. The van der Waals surface area contributed by atoms with Crippen LogP contribution in [0.5, 0.6) is 0 Å². The molecule has 1 unspecified atom stereocenters. The van der Waals surface area contributed by atoms with Gasteiger partial charge in [-0.25, -0.2) is 13.1 Å². The van der Waals surface area contributed by atoms with E-state index in [1.165, 1.54) is 12.1 Å². The Hall–Kier alpha value is -1.02. The highest BCUT2D eigenvalue weighted by Gasteiger charge is 2.20. The molecule has 2 rings (SSSR count). The molecule has 1 heterocycles. The molecule has 0 aromatic heterocycles. The average molecular weight is 300 g/mol. The van der Waals surface area contributed by atoms with Crippen molar-refractivity contribution in [3.05, 3.63) is 29.8 Å². The summed E-state index contributed by atoms with van der Waals surface area (Å²) in [6, 6.07) is 6.32. The van der Waals surface area contributed by atoms with Crippen LogP contribution in [0.15, 0.2) is 29.2 Å². The first kappa shape index (κ1) is 14.4. The normalized spacial score (nSPS) is 19.5. The zero-order chi connectivity index (χ0) is 13.9. The van der Waals surface area contributed by atoms with Gasteiger partial charge in [0.1, 0.15) is 4.99 Å². The molecule has 0 saturated carbocycles. The SMILES string of the molecule is NC(=S)c1cccc(S(=O)(=O)NCC2CCOC2)c1. The van der Waals surface area contributed by atoms with Gasteiger partial charge in [0, 0.05) is 18.7 Å². The quantitative estimate of drug-likeness (QED) is 0.780. The predicted octanol–water partition coefficient (Wildman–Crippen LogP) is 0.636. The molecule has 7 heteroatoms. The van der Waals surface area contributed by atoms with E-state index >= 15 is 0 Å². The van der Waals surface area contributed by atoms with E-state index in [0.717, 1.165) is 6.42 Å². The molecule has 1 aromatic carbocycles. The van der Waals surface area contributed by atoms with E-state index in [4.69, 9.17) is 22.7 Å². The monoisotopic (exact) mass is 300 g/mol. The fraction of sp³-hybridized carbons (Fsp3) is 0.417. The molecular weight excluding hydrogens is 284 g/mol. The number of ether oxygens (including phenoxy) is 1. The number of nitrogens with two attached hydrogens (primary N) is 1. The molecule has 1 aliphatic heterocycles. The van der Waals surface area contributed by atoms with Crippen LogP contribution in [0.1, 0.15) is 12.0 Å². The fourth-order valence-corrected chi connectivity index (χ4v) is 3.16. The minimum absolute atomic E-state index is 0.178. The Morgan fingerprint density at radius 2 is 2.32 bits per heavy atom. The van der Waals surface area contributed by atoms with Gasteiger partial charge in [0.2, 0.25) is 10.0 Å². The first-order valence-corrected chi connectivity index (χ1v) is 7.85. The topological polar surface area (TPSA) is 81.4 Å². The zero-order valence-electron chi connectivity index (χ0n) is 10.3. The third-order valence-electron chi connectivity index (χ3n) is 3.01. The van der Waals surface area contributed by atoms with Crippen LogP contribution in [0.4, 0.5) is 0 Å². The lowest BCUT2D eigenvalue weighted by atomic mass is 10.1. The number of benzene rings is 1. The van der Waals surface area contributed by atoms with E-state index in [1.54, 1.807) is 12.1 Å². The maximum Gasteiger partial charge on any atom is 0.240 e. The van der Waals surface area contributed by atoms with Gasteiger partial charge in [0.05, 0.1) is 11.5 Å². The molecule has 0 radical (unpaired) electrons. The molecule has 1 atom stereocenters. The molecule has 1 fully saturated rings. The first-order valence-electron chi connectivity index (χ1n) is 5.96. The Kier molecular flexibility index (Phi) is 4.51. The van der Waals surface area contributed by atoms with Crippen molar-refractivity contribution in [1.82, 2.24) is 4.72 Å². The third kappa shape index (κ3) is 3.73. The van der Waals surface area contributed by atoms with E-state index in [2.05, 4.69) is 4.72 Å². The number of thiocarbonyl (C=S) groups is 1. The summed E-state index contributed by atoms with van der Waals surface area (Å²) >= 11 is 4.84. The van der Waals surface area contributed by atoms with Crippen LogP contribution < -0.4 is 10.5 Å². The van der Waals surface area contributed by atoms with E-state index in [-0.39, 0.29) is 15.8 Å². The smallest absolute Gasteiger partial charge is 0.240 e. The van der Waals surface area contributed by atoms with Crippen molar-refractivity contribution < 1.29 is 13.2 Å². The molecule has 1 aromatic rings. The number of sulfonamides is 1. The number of hydrogen-bond acceptors (Lipinski definition) is 4. The van der Waals surface area contributed by atoms with Crippen molar-refractivity contribution in [2.24, 2.45) is 11.7 Å². The Morgan fingerprint density at radius 1 is 1.53 bits per heavy atom. The summed E-state index contributed by atoms with van der Waals surface area (Å²) in [7, 11) is -3.52. The zero-order valence-corrected chi connectivity index (χ0v) is 12.0. The molecule has 0 bridgehead atoms. The minimum atomic E-state index is -3.52. The number of hydrogen-bond donors (Lipinski definition) is 2. The van der Waals surface area contributed by atoms with Crippen LogP contribution in [0.2, 0.25) is 0 Å². The Morgan fingerprint density at radius 3 is 2.95 bits per heavy atom. The van der Waals surface area contributed by atoms with Crippen molar-refractivity contribution >= 4 is 27.2 Å². The predicted molar refractivity (Wildman–Crippen MR) is 76.4 cm³/mol. The van der Waals surface area contributed by atoms with Crippen molar-refractivity contribution in [2.75, 3.05) is 19.8 Å². The molecule has 5 nitrogen and oxygen atoms in total. The Labute approximate surface area is 118 Å². The van der Waals surface area contributed by atoms with Crippen LogP contribution in [-0.4, -0.2) is 33.2 Å². The second-order valence-corrected chi connectivity index (χ2v) is 6.68. The van der Waals surface area contributed by atoms with Crippen molar-refractivity contribution in [1.29, 1.82) is 0 Å². The van der Waals surface area contributed by atoms with Crippen LogP contribution in [0, 0.1) is 5.92 Å². The maximum absolute atomic E-state index is 12.1. The summed E-state index contributed by atoms with van der Waals surface area (Å²) in [5, 5.41) is 0. The fourth-order valence-electron chi connectivity index (χ4n) is 1.87. The molecule has 104 valence electrons. The average Bonchev–Trinajstić information content (AvgIpc) is 2.90. The second-order valence-electron chi connectivity index (χ2n) is 4.47. The van der Waals surface area contributed by atoms with Crippen molar-refractivity contribution in [3.8, 4) is 0 Å². The van der Waals surface area contributed by atoms with Gasteiger partial charge in [-0.05, 0) is 24.5 Å². The van der Waals surface area contributed by atoms with Gasteiger partial charge in [0.25, 0.3) is 0 Å². The van der Waals surface area contributed by atoms with Crippen molar-refractivity contribution in [2.45, 2.75) is 11.3 Å². The van der Waals surface area contributed by atoms with Crippen LogP contribution in [-0.2, 0) is 14.8 Å². The highest BCUT2D eigenvalue weighted by atomic mass is 32.2. The molecule has 0 amide bonds. The van der Waals surface area contributed by atoms with E-state index in [1.807, 2.05) is 0 Å². The lowest BCUT2D eigenvalue weighted by Gasteiger charge is -2.11. The highest BCUT2D eigenvalue weighted by molar-refractivity contribution is 7.89. The summed E-state index contributed by atoms with van der Waals surface area (Å²) < 4.78 is 32.1. The molecular formula is C12H16N2O3S2. The molecule has 1 aliphatic rings. The van der Waals surface area contributed by atoms with E-state index in [0.29, 0.717) is 25.3 Å². The van der Waals surface area contributed by atoms with Crippen LogP contribution in [0.25, 0.3) is 0 Å². The minimum Gasteiger partial charge on any atom is -0.389 e. The molecule has 0 spiro atoms. The van der Waals surface area contributed by atoms with Gasteiger partial charge in [-0.15, -0.1) is 0 Å². The lowest BCUT2D eigenvalue weighted by Crippen LogP contribution is -2.29. The van der Waals surface area contributed by atoms with Gasteiger partial charge in [0.15, 0.2) is 0 Å². The molecule has 3 N–H and O–H groups in total. The number of nitrogens with one attached hydrogen (secondary N) is 1. The summed E-state index contributed by atoms with van der Waals surface area (Å²) in [4.78, 5) is 0.359. The highest BCUT2D eigenvalue weighted by Crippen LogP contribution is 2.14. The largest absolute Gasteiger partial charge is 0.389 e. The number of rotatable bonds is 5. The van der Waals surface area contributed by atoms with Gasteiger partial charge in [-0.2, -0.15) is 0 Å². The van der Waals surface area contributed by atoms with Gasteiger partial charge in [-0.1, -0.05) is 24.4 Å². The summed E-state index contributed by atoms with van der Waals surface area (Å²) in [5.74, 6) is 0.244. The third-order valence-corrected chi connectivity index (χ3v) is 4.67. The maximum atomic E-state index is 12.1. The summed E-state index contributed by atoms with van der Waals surface area (Å²) in [6.07, 6.45) is 0.884. The lowest BCUT2D eigenvalue weighted by molar-refractivity contribution is 0.186. The molecule has 1 saturated heterocycles. The van der Waals surface area contributed by atoms with E-state index < -0.39 is 10.0 Å². The van der Waals surface area contributed by atoms with Crippen LogP contribution >= 0.6 is 12.2 Å². The van der Waals surface area contributed by atoms with Gasteiger partial charge < -0.3 is 10.5 Å². The molecule has 0 aliphatic carbocycles. The van der Waals surface area contributed by atoms with E-state index in [9.17, 15) is 8.42 Å². The van der Waals surface area contributed by atoms with Gasteiger partial charge >= 0.3 is 0 Å². The Balaban J connectivity index is 2.09. The van der Waals surface area contributed by atoms with Gasteiger partial charge in [-0.3, -0.25) is 0 Å². The first-order chi connectivity index (χ1) is 8.99. The second kappa shape index (κ2) is 5.96.